The second-order valence-corrected chi connectivity index (χ2v) is 5.00. The summed E-state index contributed by atoms with van der Waals surface area (Å²) in [6.45, 7) is 11.3. The Bertz CT molecular complexity index is 603. The molecule has 0 fully saturated rings. The first-order valence-electron chi connectivity index (χ1n) is 6.70. The van der Waals surface area contributed by atoms with Gasteiger partial charge in [0.2, 0.25) is 0 Å². The third kappa shape index (κ3) is 2.60. The van der Waals surface area contributed by atoms with Crippen LogP contribution in [0.3, 0.4) is 0 Å². The van der Waals surface area contributed by atoms with E-state index in [2.05, 4.69) is 68.3 Å². The molecule has 1 N–H and O–H groups in total. The van der Waals surface area contributed by atoms with E-state index in [0.29, 0.717) is 0 Å². The van der Waals surface area contributed by atoms with E-state index >= 15 is 0 Å². The number of rotatable bonds is 3. The molecule has 0 aliphatic carbocycles. The Balaban J connectivity index is 2.57. The first-order chi connectivity index (χ1) is 9.04. The maximum absolute atomic E-state index is 4.42. The number of aryl methyl sites for hydroxylation is 2. The molecule has 0 aliphatic rings. The lowest BCUT2D eigenvalue weighted by atomic mass is 9.98. The van der Waals surface area contributed by atoms with E-state index in [1.807, 2.05) is 0 Å². The van der Waals surface area contributed by atoms with Gasteiger partial charge < -0.3 is 5.32 Å². The summed E-state index contributed by atoms with van der Waals surface area (Å²) in [5, 5.41) is 12.0. The molecule has 3 heteroatoms. The van der Waals surface area contributed by atoms with Crippen molar-refractivity contribution in [3.05, 3.63) is 40.5 Å². The van der Waals surface area contributed by atoms with E-state index in [1.165, 1.54) is 27.8 Å². The highest BCUT2D eigenvalue weighted by molar-refractivity contribution is 5.69. The summed E-state index contributed by atoms with van der Waals surface area (Å²) >= 11 is 0. The number of benzene rings is 1. The summed E-state index contributed by atoms with van der Waals surface area (Å²) in [5.41, 5.74) is 7.01. The second kappa shape index (κ2) is 5.39. The molecule has 0 saturated carbocycles. The largest absolute Gasteiger partial charge is 0.369 e. The molecule has 2 aromatic rings. The van der Waals surface area contributed by atoms with Gasteiger partial charge in [0.15, 0.2) is 5.82 Å². The van der Waals surface area contributed by atoms with Gasteiger partial charge in [-0.05, 0) is 57.4 Å². The standard InChI is InChI=1S/C16H21N3/c1-6-17-16-13(5)12(4)15(18-19-16)14-9-10(2)7-8-11(14)3/h7-9H,6H2,1-5H3,(H,17,19). The van der Waals surface area contributed by atoms with Gasteiger partial charge in [-0.25, -0.2) is 0 Å². The van der Waals surface area contributed by atoms with Crippen molar-refractivity contribution in [3.8, 4) is 11.3 Å². The monoisotopic (exact) mass is 255 g/mol. The lowest BCUT2D eigenvalue weighted by Crippen LogP contribution is -2.06. The second-order valence-electron chi connectivity index (χ2n) is 5.00. The molecule has 19 heavy (non-hydrogen) atoms. The van der Waals surface area contributed by atoms with Crippen molar-refractivity contribution < 1.29 is 0 Å². The predicted octanol–water partition coefficient (Wildman–Crippen LogP) is 3.81. The molecule has 100 valence electrons. The van der Waals surface area contributed by atoms with E-state index in [-0.39, 0.29) is 0 Å². The van der Waals surface area contributed by atoms with Crippen LogP contribution >= 0.6 is 0 Å². The fraction of sp³-hybridized carbons (Fsp3) is 0.375. The number of nitrogens with zero attached hydrogens (tertiary/aromatic N) is 2. The van der Waals surface area contributed by atoms with Gasteiger partial charge in [0.1, 0.15) is 0 Å². The maximum Gasteiger partial charge on any atom is 0.151 e. The summed E-state index contributed by atoms with van der Waals surface area (Å²) < 4.78 is 0. The van der Waals surface area contributed by atoms with E-state index in [4.69, 9.17) is 0 Å². The summed E-state index contributed by atoms with van der Waals surface area (Å²) in [6.07, 6.45) is 0. The van der Waals surface area contributed by atoms with Gasteiger partial charge in [-0.3, -0.25) is 0 Å². The molecule has 1 heterocycles. The Hall–Kier alpha value is -1.90. The average molecular weight is 255 g/mol. The van der Waals surface area contributed by atoms with Crippen LogP contribution in [0.15, 0.2) is 18.2 Å². The number of hydrogen-bond acceptors (Lipinski definition) is 3. The average Bonchev–Trinajstić information content (AvgIpc) is 2.39. The molecule has 1 aromatic heterocycles. The SMILES string of the molecule is CCNc1nnc(-c2cc(C)ccc2C)c(C)c1C. The number of anilines is 1. The predicted molar refractivity (Wildman–Crippen MR) is 80.6 cm³/mol. The van der Waals surface area contributed by atoms with E-state index < -0.39 is 0 Å². The van der Waals surface area contributed by atoms with Crippen LogP contribution < -0.4 is 5.32 Å². The molecular weight excluding hydrogens is 234 g/mol. The molecule has 0 radical (unpaired) electrons. The van der Waals surface area contributed by atoms with Crippen LogP contribution in [0.1, 0.15) is 29.2 Å². The summed E-state index contributed by atoms with van der Waals surface area (Å²) in [7, 11) is 0. The molecule has 1 aromatic carbocycles. The minimum atomic E-state index is 0.859. The van der Waals surface area contributed by atoms with Crippen LogP contribution in [0, 0.1) is 27.7 Å². The van der Waals surface area contributed by atoms with Crippen molar-refractivity contribution in [3.63, 3.8) is 0 Å². The third-order valence-corrected chi connectivity index (χ3v) is 3.52. The van der Waals surface area contributed by atoms with Gasteiger partial charge in [0.25, 0.3) is 0 Å². The van der Waals surface area contributed by atoms with E-state index in [9.17, 15) is 0 Å². The Morgan fingerprint density at radius 2 is 1.74 bits per heavy atom. The fourth-order valence-corrected chi connectivity index (χ4v) is 2.19. The minimum absolute atomic E-state index is 0.859. The van der Waals surface area contributed by atoms with Crippen molar-refractivity contribution in [1.29, 1.82) is 0 Å². The minimum Gasteiger partial charge on any atom is -0.369 e. The highest BCUT2D eigenvalue weighted by Crippen LogP contribution is 2.28. The molecule has 0 aliphatic heterocycles. The molecule has 0 atom stereocenters. The first-order valence-corrected chi connectivity index (χ1v) is 6.70. The maximum atomic E-state index is 4.42. The summed E-state index contributed by atoms with van der Waals surface area (Å²) in [4.78, 5) is 0. The van der Waals surface area contributed by atoms with Gasteiger partial charge in [-0.15, -0.1) is 10.2 Å². The summed E-state index contributed by atoms with van der Waals surface area (Å²) in [6, 6.07) is 6.44. The molecule has 3 nitrogen and oxygen atoms in total. The molecule has 0 unspecified atom stereocenters. The normalized spacial score (nSPS) is 10.6. The molecular formula is C16H21N3. The van der Waals surface area contributed by atoms with Crippen LogP contribution in [0.2, 0.25) is 0 Å². The lowest BCUT2D eigenvalue weighted by molar-refractivity contribution is 0.985. The Morgan fingerprint density at radius 3 is 2.42 bits per heavy atom. The molecule has 2 rings (SSSR count). The molecule has 0 amide bonds. The van der Waals surface area contributed by atoms with Crippen LogP contribution in [0.25, 0.3) is 11.3 Å². The number of hydrogen-bond donors (Lipinski definition) is 1. The van der Waals surface area contributed by atoms with Gasteiger partial charge in [-0.2, -0.15) is 0 Å². The van der Waals surface area contributed by atoms with Crippen LogP contribution in [-0.2, 0) is 0 Å². The fourth-order valence-electron chi connectivity index (χ4n) is 2.19. The third-order valence-electron chi connectivity index (χ3n) is 3.52. The molecule has 0 bridgehead atoms. The first kappa shape index (κ1) is 13.5. The van der Waals surface area contributed by atoms with E-state index in [1.54, 1.807) is 0 Å². The Labute approximate surface area is 115 Å². The zero-order chi connectivity index (χ0) is 14.0. The highest BCUT2D eigenvalue weighted by atomic mass is 15.2. The van der Waals surface area contributed by atoms with Crippen molar-refractivity contribution in [1.82, 2.24) is 10.2 Å². The zero-order valence-corrected chi connectivity index (χ0v) is 12.3. The smallest absolute Gasteiger partial charge is 0.151 e. The molecule has 0 saturated heterocycles. The van der Waals surface area contributed by atoms with Crippen molar-refractivity contribution >= 4 is 5.82 Å². The van der Waals surface area contributed by atoms with Crippen molar-refractivity contribution in [2.45, 2.75) is 34.6 Å². The topological polar surface area (TPSA) is 37.8 Å². The van der Waals surface area contributed by atoms with Gasteiger partial charge in [-0.1, -0.05) is 17.7 Å². The number of aromatic nitrogens is 2. The highest BCUT2D eigenvalue weighted by Gasteiger charge is 2.12. The quantitative estimate of drug-likeness (QED) is 0.906. The van der Waals surface area contributed by atoms with Crippen LogP contribution in [-0.4, -0.2) is 16.7 Å². The van der Waals surface area contributed by atoms with Gasteiger partial charge >= 0.3 is 0 Å². The lowest BCUT2D eigenvalue weighted by Gasteiger charge is -2.13. The van der Waals surface area contributed by atoms with E-state index in [0.717, 1.165) is 18.1 Å². The van der Waals surface area contributed by atoms with Crippen LogP contribution in [0.4, 0.5) is 5.82 Å². The zero-order valence-electron chi connectivity index (χ0n) is 12.3. The summed E-state index contributed by atoms with van der Waals surface area (Å²) in [5.74, 6) is 0.883. The van der Waals surface area contributed by atoms with Crippen molar-refractivity contribution in [2.75, 3.05) is 11.9 Å². The number of nitrogens with one attached hydrogen (secondary N) is 1. The van der Waals surface area contributed by atoms with Gasteiger partial charge in [0, 0.05) is 12.1 Å². The van der Waals surface area contributed by atoms with Gasteiger partial charge in [0.05, 0.1) is 5.69 Å². The molecule has 0 spiro atoms. The Morgan fingerprint density at radius 1 is 1.00 bits per heavy atom. The Kier molecular flexibility index (Phi) is 3.84. The van der Waals surface area contributed by atoms with Crippen LogP contribution in [0.5, 0.6) is 0 Å². The van der Waals surface area contributed by atoms with Crippen molar-refractivity contribution in [2.24, 2.45) is 0 Å².